The summed E-state index contributed by atoms with van der Waals surface area (Å²) in [7, 11) is 0. The highest BCUT2D eigenvalue weighted by atomic mass is 32.1. The minimum atomic E-state index is -0.172. The van der Waals surface area contributed by atoms with Crippen LogP contribution in [0.5, 0.6) is 0 Å². The van der Waals surface area contributed by atoms with Crippen LogP contribution in [0.4, 0.5) is 0 Å². The molecule has 5 heteroatoms. The molecule has 2 fully saturated rings. The second kappa shape index (κ2) is 6.69. The standard InChI is InChI=1S/C17H26N2O2S/c1-3-13-11-16(22-12(13)2)17(21)19-9-7-18(8-10-19)14-5-4-6-15(14)20/h11,14-15,20H,3-10H2,1-2H3/t14-,15+/m0/s1. The molecule has 1 amide bonds. The third-order valence-electron chi connectivity index (χ3n) is 5.13. The summed E-state index contributed by atoms with van der Waals surface area (Å²) in [6.45, 7) is 7.56. The Balaban J connectivity index is 1.59. The van der Waals surface area contributed by atoms with Crippen molar-refractivity contribution in [3.8, 4) is 0 Å². The molecular weight excluding hydrogens is 296 g/mol. The van der Waals surface area contributed by atoms with Crippen molar-refractivity contribution in [3.05, 3.63) is 21.4 Å². The molecule has 1 saturated carbocycles. The molecule has 0 radical (unpaired) electrons. The molecular formula is C17H26N2O2S. The molecule has 2 aliphatic rings. The molecule has 1 N–H and O–H groups in total. The Morgan fingerprint density at radius 2 is 2.05 bits per heavy atom. The second-order valence-electron chi connectivity index (χ2n) is 6.44. The lowest BCUT2D eigenvalue weighted by Gasteiger charge is -2.39. The summed E-state index contributed by atoms with van der Waals surface area (Å²) in [6.07, 6.45) is 3.97. The lowest BCUT2D eigenvalue weighted by molar-refractivity contribution is 0.0318. The van der Waals surface area contributed by atoms with Gasteiger partial charge in [0, 0.05) is 37.1 Å². The van der Waals surface area contributed by atoms with Crippen molar-refractivity contribution >= 4 is 17.2 Å². The van der Waals surface area contributed by atoms with Crippen molar-refractivity contribution in [1.82, 2.24) is 9.80 Å². The van der Waals surface area contributed by atoms with Gasteiger partial charge in [0.25, 0.3) is 5.91 Å². The summed E-state index contributed by atoms with van der Waals surface area (Å²) < 4.78 is 0. The van der Waals surface area contributed by atoms with Crippen LogP contribution in [0.1, 0.15) is 46.3 Å². The number of thiophene rings is 1. The molecule has 1 aromatic rings. The molecule has 3 rings (SSSR count). The minimum absolute atomic E-state index is 0.172. The van der Waals surface area contributed by atoms with E-state index in [0.29, 0.717) is 6.04 Å². The highest BCUT2D eigenvalue weighted by Gasteiger charge is 2.33. The van der Waals surface area contributed by atoms with E-state index < -0.39 is 0 Å². The summed E-state index contributed by atoms with van der Waals surface area (Å²) in [5.74, 6) is 0.180. The monoisotopic (exact) mass is 322 g/mol. The first-order valence-corrected chi connectivity index (χ1v) is 9.22. The van der Waals surface area contributed by atoms with Gasteiger partial charge >= 0.3 is 0 Å². The number of piperazine rings is 1. The third kappa shape index (κ3) is 3.07. The first kappa shape index (κ1) is 16.0. The molecule has 1 aromatic heterocycles. The van der Waals surface area contributed by atoms with Gasteiger partial charge in [-0.05, 0) is 44.2 Å². The largest absolute Gasteiger partial charge is 0.391 e. The van der Waals surface area contributed by atoms with Gasteiger partial charge in [0.15, 0.2) is 0 Å². The van der Waals surface area contributed by atoms with Crippen LogP contribution >= 0.6 is 11.3 Å². The van der Waals surface area contributed by atoms with Crippen molar-refractivity contribution in [1.29, 1.82) is 0 Å². The normalized spacial score (nSPS) is 26.6. The second-order valence-corrected chi connectivity index (χ2v) is 7.70. The van der Waals surface area contributed by atoms with Crippen LogP contribution in [0.2, 0.25) is 0 Å². The Morgan fingerprint density at radius 1 is 1.32 bits per heavy atom. The maximum absolute atomic E-state index is 12.6. The minimum Gasteiger partial charge on any atom is -0.391 e. The number of carbonyl (C=O) groups excluding carboxylic acids is 1. The quantitative estimate of drug-likeness (QED) is 0.928. The van der Waals surface area contributed by atoms with E-state index in [9.17, 15) is 9.90 Å². The van der Waals surface area contributed by atoms with Crippen molar-refractivity contribution in [3.63, 3.8) is 0 Å². The van der Waals surface area contributed by atoms with E-state index in [-0.39, 0.29) is 12.0 Å². The molecule has 0 aromatic carbocycles. The Hall–Kier alpha value is -0.910. The maximum atomic E-state index is 12.6. The van der Waals surface area contributed by atoms with Crippen LogP contribution in [0.15, 0.2) is 6.07 Å². The van der Waals surface area contributed by atoms with Crippen LogP contribution in [0.25, 0.3) is 0 Å². The number of aryl methyl sites for hydroxylation is 2. The fourth-order valence-corrected chi connectivity index (χ4v) is 4.82. The summed E-state index contributed by atoms with van der Waals surface area (Å²) in [6, 6.07) is 2.38. The summed E-state index contributed by atoms with van der Waals surface area (Å²) in [5.41, 5.74) is 1.29. The number of amides is 1. The molecule has 122 valence electrons. The molecule has 1 saturated heterocycles. The Bertz CT molecular complexity index is 535. The molecule has 0 bridgehead atoms. The highest BCUT2D eigenvalue weighted by Crippen LogP contribution is 2.27. The van der Waals surface area contributed by atoms with E-state index >= 15 is 0 Å². The van der Waals surface area contributed by atoms with E-state index in [4.69, 9.17) is 0 Å². The Kier molecular flexibility index (Phi) is 4.85. The fraction of sp³-hybridized carbons (Fsp3) is 0.706. The molecule has 2 heterocycles. The molecule has 22 heavy (non-hydrogen) atoms. The fourth-order valence-electron chi connectivity index (χ4n) is 3.74. The number of rotatable bonds is 3. The van der Waals surface area contributed by atoms with Gasteiger partial charge in [0.05, 0.1) is 11.0 Å². The predicted octanol–water partition coefficient (Wildman–Crippen LogP) is 2.29. The van der Waals surface area contributed by atoms with Crippen LogP contribution in [-0.2, 0) is 6.42 Å². The van der Waals surface area contributed by atoms with E-state index in [0.717, 1.165) is 56.7 Å². The van der Waals surface area contributed by atoms with E-state index in [1.807, 2.05) is 4.90 Å². The number of hydrogen-bond donors (Lipinski definition) is 1. The van der Waals surface area contributed by atoms with Crippen molar-refractivity contribution in [2.24, 2.45) is 0 Å². The van der Waals surface area contributed by atoms with Crippen molar-refractivity contribution in [2.75, 3.05) is 26.2 Å². The van der Waals surface area contributed by atoms with Gasteiger partial charge in [-0.15, -0.1) is 11.3 Å². The molecule has 0 unspecified atom stereocenters. The van der Waals surface area contributed by atoms with E-state index in [1.165, 1.54) is 10.4 Å². The molecule has 2 atom stereocenters. The van der Waals surface area contributed by atoms with Crippen LogP contribution in [0.3, 0.4) is 0 Å². The molecule has 1 aliphatic heterocycles. The molecule has 4 nitrogen and oxygen atoms in total. The average molecular weight is 322 g/mol. The van der Waals surface area contributed by atoms with Gasteiger partial charge in [-0.25, -0.2) is 0 Å². The van der Waals surface area contributed by atoms with Crippen LogP contribution in [0, 0.1) is 6.92 Å². The molecule has 1 aliphatic carbocycles. The smallest absolute Gasteiger partial charge is 0.264 e. The highest BCUT2D eigenvalue weighted by molar-refractivity contribution is 7.14. The van der Waals surface area contributed by atoms with E-state index in [1.54, 1.807) is 11.3 Å². The number of aliphatic hydroxyl groups excluding tert-OH is 1. The number of carbonyl (C=O) groups is 1. The Morgan fingerprint density at radius 3 is 2.59 bits per heavy atom. The Labute approximate surface area is 136 Å². The number of aliphatic hydroxyl groups is 1. The zero-order valence-corrected chi connectivity index (χ0v) is 14.4. The lowest BCUT2D eigenvalue weighted by atomic mass is 10.1. The summed E-state index contributed by atoms with van der Waals surface area (Å²) in [4.78, 5) is 19.1. The van der Waals surface area contributed by atoms with Crippen LogP contribution < -0.4 is 0 Å². The van der Waals surface area contributed by atoms with E-state index in [2.05, 4.69) is 24.8 Å². The van der Waals surface area contributed by atoms with Gasteiger partial charge in [-0.2, -0.15) is 0 Å². The number of hydrogen-bond acceptors (Lipinski definition) is 4. The topological polar surface area (TPSA) is 43.8 Å². The zero-order chi connectivity index (χ0) is 15.7. The van der Waals surface area contributed by atoms with Crippen molar-refractivity contribution < 1.29 is 9.90 Å². The molecule has 0 spiro atoms. The van der Waals surface area contributed by atoms with Gasteiger partial charge in [0.2, 0.25) is 0 Å². The first-order valence-electron chi connectivity index (χ1n) is 8.41. The van der Waals surface area contributed by atoms with Gasteiger partial charge in [-0.1, -0.05) is 6.92 Å². The first-order chi connectivity index (χ1) is 10.6. The van der Waals surface area contributed by atoms with Gasteiger partial charge in [-0.3, -0.25) is 9.69 Å². The maximum Gasteiger partial charge on any atom is 0.264 e. The SMILES string of the molecule is CCc1cc(C(=O)N2CCN([C@H]3CCC[C@H]3O)CC2)sc1C. The van der Waals surface area contributed by atoms with Crippen LogP contribution in [-0.4, -0.2) is 59.1 Å². The predicted molar refractivity (Wildman–Crippen MR) is 89.6 cm³/mol. The summed E-state index contributed by atoms with van der Waals surface area (Å²) >= 11 is 1.62. The zero-order valence-electron chi connectivity index (χ0n) is 13.5. The number of nitrogens with zero attached hydrogens (tertiary/aromatic N) is 2. The summed E-state index contributed by atoms with van der Waals surface area (Å²) in [5, 5.41) is 10.0. The van der Waals surface area contributed by atoms with Gasteiger partial charge in [0.1, 0.15) is 0 Å². The average Bonchev–Trinajstić information content (AvgIpc) is 3.12. The third-order valence-corrected chi connectivity index (χ3v) is 6.21. The lowest BCUT2D eigenvalue weighted by Crippen LogP contribution is -2.53. The van der Waals surface area contributed by atoms with Gasteiger partial charge < -0.3 is 10.0 Å². The van der Waals surface area contributed by atoms with Crippen molar-refractivity contribution in [2.45, 2.75) is 51.7 Å².